The molecule has 1 N–H and O–H groups in total. The Morgan fingerprint density at radius 3 is 2.57 bits per heavy atom. The molecule has 0 bridgehead atoms. The standard InChI is InChI=1S/C22H22ClN3O2/c1-3-19-12-21(28)26(22(25-19)17-5-4-6-18(23)11-17)14-20(27)24-13-16-9-7-15(2)8-10-16/h4-12H,3,13-14H2,1-2H3,(H,24,27). The maximum absolute atomic E-state index is 12.6. The van der Waals surface area contributed by atoms with Gasteiger partial charge in [-0.3, -0.25) is 14.2 Å². The van der Waals surface area contributed by atoms with Crippen LogP contribution in [-0.4, -0.2) is 15.5 Å². The fraction of sp³-hybridized carbons (Fsp3) is 0.227. The molecule has 5 nitrogen and oxygen atoms in total. The molecule has 0 saturated heterocycles. The molecule has 0 unspecified atom stereocenters. The number of carbonyl (C=O) groups is 1. The van der Waals surface area contributed by atoms with Crippen molar-refractivity contribution in [2.24, 2.45) is 0 Å². The molecule has 2 aromatic carbocycles. The van der Waals surface area contributed by atoms with Gasteiger partial charge < -0.3 is 5.32 Å². The number of carbonyl (C=O) groups excluding carboxylic acids is 1. The van der Waals surface area contributed by atoms with Gasteiger partial charge in [-0.2, -0.15) is 0 Å². The van der Waals surface area contributed by atoms with Gasteiger partial charge in [0.15, 0.2) is 0 Å². The summed E-state index contributed by atoms with van der Waals surface area (Å²) in [6.07, 6.45) is 0.628. The Bertz CT molecular complexity index is 1040. The third kappa shape index (κ3) is 4.87. The van der Waals surface area contributed by atoms with Crippen molar-refractivity contribution in [2.75, 3.05) is 0 Å². The molecule has 0 aliphatic heterocycles. The lowest BCUT2D eigenvalue weighted by Gasteiger charge is -2.14. The SMILES string of the molecule is CCc1cc(=O)n(CC(=O)NCc2ccc(C)cc2)c(-c2cccc(Cl)c2)n1. The Hall–Kier alpha value is -2.92. The van der Waals surface area contributed by atoms with Crippen LogP contribution in [0.1, 0.15) is 23.7 Å². The molecule has 144 valence electrons. The lowest BCUT2D eigenvalue weighted by molar-refractivity contribution is -0.121. The highest BCUT2D eigenvalue weighted by atomic mass is 35.5. The van der Waals surface area contributed by atoms with Crippen LogP contribution >= 0.6 is 11.6 Å². The summed E-state index contributed by atoms with van der Waals surface area (Å²) < 4.78 is 1.38. The molecule has 1 amide bonds. The van der Waals surface area contributed by atoms with Crippen LogP contribution < -0.4 is 10.9 Å². The van der Waals surface area contributed by atoms with E-state index >= 15 is 0 Å². The van der Waals surface area contributed by atoms with Crippen molar-refractivity contribution >= 4 is 17.5 Å². The van der Waals surface area contributed by atoms with Gasteiger partial charge in [0.05, 0.1) is 0 Å². The Morgan fingerprint density at radius 1 is 1.14 bits per heavy atom. The molecule has 0 atom stereocenters. The minimum absolute atomic E-state index is 0.108. The van der Waals surface area contributed by atoms with Crippen molar-refractivity contribution < 1.29 is 4.79 Å². The molecule has 0 radical (unpaired) electrons. The molecule has 0 fully saturated rings. The number of rotatable bonds is 6. The molecule has 6 heteroatoms. The molecule has 1 aromatic heterocycles. The fourth-order valence-electron chi connectivity index (χ4n) is 2.84. The second-order valence-corrected chi connectivity index (χ2v) is 7.06. The monoisotopic (exact) mass is 395 g/mol. The Labute approximate surface area is 169 Å². The van der Waals surface area contributed by atoms with Gasteiger partial charge in [0, 0.05) is 28.9 Å². The molecular weight excluding hydrogens is 374 g/mol. The second-order valence-electron chi connectivity index (χ2n) is 6.62. The summed E-state index contributed by atoms with van der Waals surface area (Å²) in [5, 5.41) is 3.41. The summed E-state index contributed by atoms with van der Waals surface area (Å²) in [6.45, 7) is 4.24. The van der Waals surface area contributed by atoms with Gasteiger partial charge in [-0.1, -0.05) is 60.5 Å². The molecule has 1 heterocycles. The van der Waals surface area contributed by atoms with E-state index in [2.05, 4.69) is 10.3 Å². The van der Waals surface area contributed by atoms with Crippen LogP contribution in [0.5, 0.6) is 0 Å². The molecule has 28 heavy (non-hydrogen) atoms. The summed E-state index contributed by atoms with van der Waals surface area (Å²) in [4.78, 5) is 29.7. The first-order valence-corrected chi connectivity index (χ1v) is 9.53. The van der Waals surface area contributed by atoms with Crippen molar-refractivity contribution in [3.8, 4) is 11.4 Å². The fourth-order valence-corrected chi connectivity index (χ4v) is 3.03. The number of nitrogens with zero attached hydrogens (tertiary/aromatic N) is 2. The van der Waals surface area contributed by atoms with Crippen LogP contribution in [0.2, 0.25) is 5.02 Å². The molecule has 0 saturated carbocycles. The van der Waals surface area contributed by atoms with E-state index in [-0.39, 0.29) is 18.0 Å². The highest BCUT2D eigenvalue weighted by Gasteiger charge is 2.14. The number of amides is 1. The quantitative estimate of drug-likeness (QED) is 0.691. The average Bonchev–Trinajstić information content (AvgIpc) is 2.69. The zero-order valence-corrected chi connectivity index (χ0v) is 16.7. The summed E-state index contributed by atoms with van der Waals surface area (Å²) in [6, 6.07) is 16.5. The largest absolute Gasteiger partial charge is 0.350 e. The van der Waals surface area contributed by atoms with Crippen LogP contribution in [0.4, 0.5) is 0 Å². The van der Waals surface area contributed by atoms with E-state index < -0.39 is 0 Å². The van der Waals surface area contributed by atoms with Crippen LogP contribution in [0.25, 0.3) is 11.4 Å². The Morgan fingerprint density at radius 2 is 1.89 bits per heavy atom. The van der Waals surface area contributed by atoms with Gasteiger partial charge in [-0.25, -0.2) is 4.98 Å². The summed E-state index contributed by atoms with van der Waals surface area (Å²) in [5.74, 6) is 0.189. The van der Waals surface area contributed by atoms with E-state index in [4.69, 9.17) is 11.6 Å². The van der Waals surface area contributed by atoms with E-state index in [0.717, 1.165) is 11.1 Å². The lowest BCUT2D eigenvalue weighted by Crippen LogP contribution is -2.33. The summed E-state index contributed by atoms with van der Waals surface area (Å²) >= 11 is 6.10. The predicted octanol–water partition coefficient (Wildman–Crippen LogP) is 3.75. The number of benzene rings is 2. The maximum atomic E-state index is 12.6. The van der Waals surface area contributed by atoms with Crippen molar-refractivity contribution in [3.63, 3.8) is 0 Å². The Balaban J connectivity index is 1.85. The molecule has 0 aliphatic rings. The molecule has 0 spiro atoms. The van der Waals surface area contributed by atoms with Gasteiger partial charge in [0.2, 0.25) is 5.91 Å². The zero-order valence-electron chi connectivity index (χ0n) is 15.9. The number of aromatic nitrogens is 2. The maximum Gasteiger partial charge on any atom is 0.254 e. The smallest absolute Gasteiger partial charge is 0.254 e. The summed E-state index contributed by atoms with van der Waals surface area (Å²) in [5.41, 5.74) is 3.28. The van der Waals surface area contributed by atoms with Crippen LogP contribution in [0, 0.1) is 6.92 Å². The minimum Gasteiger partial charge on any atom is -0.350 e. The number of halogens is 1. The zero-order chi connectivity index (χ0) is 20.1. The topological polar surface area (TPSA) is 64.0 Å². The van der Waals surface area contributed by atoms with E-state index in [0.29, 0.717) is 35.1 Å². The molecule has 3 rings (SSSR count). The van der Waals surface area contributed by atoms with E-state index in [1.165, 1.54) is 10.6 Å². The van der Waals surface area contributed by atoms with Gasteiger partial charge in [0.25, 0.3) is 5.56 Å². The highest BCUT2D eigenvalue weighted by Crippen LogP contribution is 2.20. The molecule has 0 aliphatic carbocycles. The third-order valence-electron chi connectivity index (χ3n) is 4.42. The number of aryl methyl sites for hydroxylation is 2. The first-order valence-electron chi connectivity index (χ1n) is 9.15. The average molecular weight is 396 g/mol. The van der Waals surface area contributed by atoms with Crippen molar-refractivity contribution in [1.82, 2.24) is 14.9 Å². The first-order chi connectivity index (χ1) is 13.5. The van der Waals surface area contributed by atoms with Gasteiger partial charge in [-0.05, 0) is 31.0 Å². The van der Waals surface area contributed by atoms with Gasteiger partial charge in [-0.15, -0.1) is 0 Å². The van der Waals surface area contributed by atoms with E-state index in [9.17, 15) is 9.59 Å². The van der Waals surface area contributed by atoms with E-state index in [1.807, 2.05) is 44.2 Å². The van der Waals surface area contributed by atoms with Crippen LogP contribution in [0.15, 0.2) is 59.4 Å². The predicted molar refractivity (Wildman–Crippen MR) is 111 cm³/mol. The number of hydrogen-bond acceptors (Lipinski definition) is 3. The first kappa shape index (κ1) is 19.8. The second kappa shape index (κ2) is 8.85. The minimum atomic E-state index is -0.257. The summed E-state index contributed by atoms with van der Waals surface area (Å²) in [7, 11) is 0. The highest BCUT2D eigenvalue weighted by molar-refractivity contribution is 6.30. The number of hydrogen-bond donors (Lipinski definition) is 1. The molecular formula is C22H22ClN3O2. The third-order valence-corrected chi connectivity index (χ3v) is 4.65. The van der Waals surface area contributed by atoms with Crippen LogP contribution in [0.3, 0.4) is 0 Å². The lowest BCUT2D eigenvalue weighted by atomic mass is 10.1. The van der Waals surface area contributed by atoms with Gasteiger partial charge >= 0.3 is 0 Å². The van der Waals surface area contributed by atoms with E-state index in [1.54, 1.807) is 18.2 Å². The van der Waals surface area contributed by atoms with Crippen molar-refractivity contribution in [2.45, 2.75) is 33.4 Å². The molecule has 3 aromatic rings. The van der Waals surface area contributed by atoms with Crippen molar-refractivity contribution in [1.29, 1.82) is 0 Å². The van der Waals surface area contributed by atoms with Crippen LogP contribution in [-0.2, 0) is 24.3 Å². The number of nitrogens with one attached hydrogen (secondary N) is 1. The van der Waals surface area contributed by atoms with Crippen molar-refractivity contribution in [3.05, 3.63) is 86.8 Å². The normalized spacial score (nSPS) is 10.7. The van der Waals surface area contributed by atoms with Gasteiger partial charge in [0.1, 0.15) is 12.4 Å². The Kier molecular flexibility index (Phi) is 6.26.